The Morgan fingerprint density at radius 2 is 2.08 bits per heavy atom. The predicted molar refractivity (Wildman–Crippen MR) is 49.5 cm³/mol. The molecule has 4 heteroatoms. The zero-order valence-electron chi connectivity index (χ0n) is 8.15. The van der Waals surface area contributed by atoms with Crippen molar-refractivity contribution in [2.45, 2.75) is 20.4 Å². The largest absolute Gasteiger partial charge is 0.328 e. The molecule has 1 heterocycles. The van der Waals surface area contributed by atoms with Crippen molar-refractivity contribution in [1.29, 1.82) is 0 Å². The molecule has 0 unspecified atom stereocenters. The van der Waals surface area contributed by atoms with Gasteiger partial charge in [-0.15, -0.1) is 0 Å². The summed E-state index contributed by atoms with van der Waals surface area (Å²) in [5.74, 6) is 0.0559. The van der Waals surface area contributed by atoms with Crippen LogP contribution in [0.25, 0.3) is 0 Å². The molecule has 0 N–H and O–H groups in total. The maximum Gasteiger partial charge on any atom is 0.328 e. The number of nitrogens with zero attached hydrogens (tertiary/aromatic N) is 2. The molecule has 1 aromatic heterocycles. The highest BCUT2D eigenvalue weighted by Gasteiger charge is 2.09. The fourth-order valence-corrected chi connectivity index (χ4v) is 0.981. The van der Waals surface area contributed by atoms with E-state index >= 15 is 0 Å². The summed E-state index contributed by atoms with van der Waals surface area (Å²) < 4.78 is 2.87. The van der Waals surface area contributed by atoms with Gasteiger partial charge in [-0.3, -0.25) is 9.36 Å². The van der Waals surface area contributed by atoms with E-state index in [0.717, 1.165) is 0 Å². The summed E-state index contributed by atoms with van der Waals surface area (Å²) in [6, 6.07) is 0. The second kappa shape index (κ2) is 3.60. The van der Waals surface area contributed by atoms with Gasteiger partial charge in [0.05, 0.1) is 6.54 Å². The third kappa shape index (κ3) is 2.08. The molecule has 0 saturated heterocycles. The van der Waals surface area contributed by atoms with Gasteiger partial charge in [-0.1, -0.05) is 13.8 Å². The molecule has 0 radical (unpaired) electrons. The summed E-state index contributed by atoms with van der Waals surface area (Å²) in [4.78, 5) is 22.6. The van der Waals surface area contributed by atoms with Gasteiger partial charge in [0, 0.05) is 25.4 Å². The van der Waals surface area contributed by atoms with Crippen LogP contribution in [0.3, 0.4) is 0 Å². The van der Waals surface area contributed by atoms with Crippen LogP contribution in [0.5, 0.6) is 0 Å². The number of carbonyl (C=O) groups is 1. The number of Topliss-reactive ketones (excluding diaryl/α,β-unsaturated/α-hetero) is 1. The van der Waals surface area contributed by atoms with Crippen molar-refractivity contribution in [3.8, 4) is 0 Å². The number of aromatic nitrogens is 2. The summed E-state index contributed by atoms with van der Waals surface area (Å²) in [6.07, 6.45) is 3.28. The highest BCUT2D eigenvalue weighted by atomic mass is 16.2. The molecule has 13 heavy (non-hydrogen) atoms. The van der Waals surface area contributed by atoms with Crippen LogP contribution in [0.2, 0.25) is 0 Å². The minimum Gasteiger partial charge on any atom is -0.302 e. The van der Waals surface area contributed by atoms with Gasteiger partial charge < -0.3 is 4.57 Å². The third-order valence-corrected chi connectivity index (χ3v) is 1.99. The molecule has 0 aliphatic carbocycles. The smallest absolute Gasteiger partial charge is 0.302 e. The monoisotopic (exact) mass is 182 g/mol. The van der Waals surface area contributed by atoms with Crippen molar-refractivity contribution in [1.82, 2.24) is 9.13 Å². The lowest BCUT2D eigenvalue weighted by atomic mass is 10.1. The molecule has 0 aromatic carbocycles. The Morgan fingerprint density at radius 3 is 2.46 bits per heavy atom. The first-order valence-electron chi connectivity index (χ1n) is 4.27. The lowest BCUT2D eigenvalue weighted by molar-refractivity contribution is -0.122. The standard InChI is InChI=1S/C9H14N2O2/c1-7(2)8(12)6-11-5-4-10(3)9(11)13/h4-5,7H,6H2,1-3H3. The van der Waals surface area contributed by atoms with E-state index in [1.807, 2.05) is 13.8 Å². The van der Waals surface area contributed by atoms with Crippen molar-refractivity contribution in [3.05, 3.63) is 22.9 Å². The van der Waals surface area contributed by atoms with Crippen LogP contribution in [0.4, 0.5) is 0 Å². The highest BCUT2D eigenvalue weighted by molar-refractivity contribution is 5.80. The van der Waals surface area contributed by atoms with Gasteiger partial charge in [-0.25, -0.2) is 4.79 Å². The molecule has 0 spiro atoms. The maximum absolute atomic E-state index is 11.3. The van der Waals surface area contributed by atoms with E-state index < -0.39 is 0 Å². The van der Waals surface area contributed by atoms with E-state index in [1.165, 1.54) is 9.13 Å². The number of carbonyl (C=O) groups excluding carboxylic acids is 1. The van der Waals surface area contributed by atoms with Crippen molar-refractivity contribution >= 4 is 5.78 Å². The summed E-state index contributed by atoms with van der Waals surface area (Å²) in [6.45, 7) is 3.84. The van der Waals surface area contributed by atoms with Gasteiger partial charge in [0.1, 0.15) is 0 Å². The second-order valence-electron chi connectivity index (χ2n) is 3.44. The Bertz CT molecular complexity index is 360. The fraction of sp³-hybridized carbons (Fsp3) is 0.556. The lowest BCUT2D eigenvalue weighted by Gasteiger charge is -2.03. The van der Waals surface area contributed by atoms with E-state index in [4.69, 9.17) is 0 Å². The van der Waals surface area contributed by atoms with Gasteiger partial charge in [0.15, 0.2) is 5.78 Å². The fourth-order valence-electron chi connectivity index (χ4n) is 0.981. The summed E-state index contributed by atoms with van der Waals surface area (Å²) >= 11 is 0. The van der Waals surface area contributed by atoms with Crippen LogP contribution >= 0.6 is 0 Å². The Morgan fingerprint density at radius 1 is 1.46 bits per heavy atom. The first-order chi connectivity index (χ1) is 6.02. The molecular formula is C9H14N2O2. The predicted octanol–water partition coefficient (Wildman–Crippen LogP) is 0.412. The lowest BCUT2D eigenvalue weighted by Crippen LogP contribution is -2.26. The van der Waals surface area contributed by atoms with Gasteiger partial charge in [0.2, 0.25) is 0 Å². The van der Waals surface area contributed by atoms with Crippen molar-refractivity contribution in [3.63, 3.8) is 0 Å². The minimum atomic E-state index is -0.144. The molecule has 0 aliphatic rings. The molecule has 0 bridgehead atoms. The third-order valence-electron chi connectivity index (χ3n) is 1.99. The zero-order chi connectivity index (χ0) is 10.0. The van der Waals surface area contributed by atoms with E-state index in [2.05, 4.69) is 0 Å². The summed E-state index contributed by atoms with van der Waals surface area (Å²) in [5, 5.41) is 0. The SMILES string of the molecule is CC(C)C(=O)Cn1ccn(C)c1=O. The van der Waals surface area contributed by atoms with E-state index in [-0.39, 0.29) is 23.9 Å². The number of rotatable bonds is 3. The van der Waals surface area contributed by atoms with Crippen molar-refractivity contribution in [2.24, 2.45) is 13.0 Å². The molecule has 1 aromatic rings. The summed E-state index contributed by atoms with van der Waals surface area (Å²) in [7, 11) is 1.67. The van der Waals surface area contributed by atoms with Crippen LogP contribution in [0.1, 0.15) is 13.8 Å². The topological polar surface area (TPSA) is 44.0 Å². The van der Waals surface area contributed by atoms with Crippen LogP contribution in [0, 0.1) is 5.92 Å². The zero-order valence-corrected chi connectivity index (χ0v) is 8.15. The molecule has 0 aliphatic heterocycles. The molecule has 1 rings (SSSR count). The number of ketones is 1. The van der Waals surface area contributed by atoms with Crippen LogP contribution in [0.15, 0.2) is 17.2 Å². The Labute approximate surface area is 76.8 Å². The molecule has 0 fully saturated rings. The van der Waals surface area contributed by atoms with E-state index in [1.54, 1.807) is 19.4 Å². The Balaban J connectivity index is 2.81. The second-order valence-corrected chi connectivity index (χ2v) is 3.44. The number of hydrogen-bond donors (Lipinski definition) is 0. The Hall–Kier alpha value is -1.32. The number of imidazole rings is 1. The molecule has 4 nitrogen and oxygen atoms in total. The van der Waals surface area contributed by atoms with E-state index in [9.17, 15) is 9.59 Å². The highest BCUT2D eigenvalue weighted by Crippen LogP contribution is 1.96. The first kappa shape index (κ1) is 9.77. The van der Waals surface area contributed by atoms with Gasteiger partial charge >= 0.3 is 5.69 Å². The average molecular weight is 182 g/mol. The van der Waals surface area contributed by atoms with Gasteiger partial charge in [0.25, 0.3) is 0 Å². The van der Waals surface area contributed by atoms with Crippen LogP contribution < -0.4 is 5.69 Å². The van der Waals surface area contributed by atoms with Gasteiger partial charge in [-0.05, 0) is 0 Å². The van der Waals surface area contributed by atoms with Crippen LogP contribution in [-0.2, 0) is 18.4 Å². The van der Waals surface area contributed by atoms with Crippen LogP contribution in [-0.4, -0.2) is 14.9 Å². The van der Waals surface area contributed by atoms with Crippen molar-refractivity contribution < 1.29 is 4.79 Å². The molecule has 0 atom stereocenters. The normalized spacial score (nSPS) is 10.8. The quantitative estimate of drug-likeness (QED) is 0.679. The maximum atomic E-state index is 11.3. The van der Waals surface area contributed by atoms with E-state index in [0.29, 0.717) is 0 Å². The number of hydrogen-bond acceptors (Lipinski definition) is 2. The average Bonchev–Trinajstić information content (AvgIpc) is 2.36. The van der Waals surface area contributed by atoms with Crippen molar-refractivity contribution in [2.75, 3.05) is 0 Å². The molecule has 0 amide bonds. The Kier molecular flexibility index (Phi) is 2.70. The first-order valence-corrected chi connectivity index (χ1v) is 4.27. The molecule has 0 saturated carbocycles. The molecular weight excluding hydrogens is 168 g/mol. The molecule has 72 valence electrons. The number of aryl methyl sites for hydroxylation is 1. The van der Waals surface area contributed by atoms with Gasteiger partial charge in [-0.2, -0.15) is 0 Å². The summed E-state index contributed by atoms with van der Waals surface area (Å²) in [5.41, 5.74) is -0.144. The minimum absolute atomic E-state index is 0.0212.